The van der Waals surface area contributed by atoms with E-state index in [0.717, 1.165) is 13.0 Å². The lowest BCUT2D eigenvalue weighted by Gasteiger charge is -2.20. The summed E-state index contributed by atoms with van der Waals surface area (Å²) < 4.78 is 0. The summed E-state index contributed by atoms with van der Waals surface area (Å²) in [4.78, 5) is 13.1. The third kappa shape index (κ3) is 4.88. The molecule has 1 unspecified atom stereocenters. The van der Waals surface area contributed by atoms with Crippen LogP contribution in [-0.2, 0) is 11.2 Å². The fraction of sp³-hybridized carbons (Fsp3) is 0.533. The van der Waals surface area contributed by atoms with Crippen LogP contribution in [0.15, 0.2) is 24.3 Å². The van der Waals surface area contributed by atoms with Gasteiger partial charge < -0.3 is 10.0 Å². The van der Waals surface area contributed by atoms with E-state index in [4.69, 9.17) is 5.11 Å². The van der Waals surface area contributed by atoms with Crippen molar-refractivity contribution in [1.29, 1.82) is 0 Å². The lowest BCUT2D eigenvalue weighted by Crippen LogP contribution is -2.31. The van der Waals surface area contributed by atoms with Gasteiger partial charge in [-0.05, 0) is 32.4 Å². The summed E-state index contributed by atoms with van der Waals surface area (Å²) in [5.74, 6) is -0.951. The molecule has 0 bridgehead atoms. The molecule has 0 amide bonds. The predicted octanol–water partition coefficient (Wildman–Crippen LogP) is 2.58. The Kier molecular flexibility index (Phi) is 5.86. The van der Waals surface area contributed by atoms with E-state index in [9.17, 15) is 4.79 Å². The topological polar surface area (TPSA) is 40.5 Å². The molecule has 0 spiro atoms. The number of nitrogens with zero attached hydrogens (tertiary/aromatic N) is 1. The molecule has 0 aliphatic heterocycles. The molecular weight excluding hydrogens is 226 g/mol. The van der Waals surface area contributed by atoms with Crippen molar-refractivity contribution >= 4 is 5.97 Å². The van der Waals surface area contributed by atoms with Crippen LogP contribution < -0.4 is 0 Å². The van der Waals surface area contributed by atoms with Gasteiger partial charge in [0.05, 0.1) is 5.92 Å². The maximum atomic E-state index is 11.0. The van der Waals surface area contributed by atoms with Crippen LogP contribution >= 0.6 is 0 Å². The Bertz CT molecular complexity index is 373. The van der Waals surface area contributed by atoms with E-state index in [-0.39, 0.29) is 5.92 Å². The molecule has 18 heavy (non-hydrogen) atoms. The molecule has 0 aliphatic carbocycles. The van der Waals surface area contributed by atoms with Crippen molar-refractivity contribution in [2.75, 3.05) is 20.1 Å². The van der Waals surface area contributed by atoms with Gasteiger partial charge in [0.25, 0.3) is 0 Å². The number of carboxylic acid groups (broad SMARTS) is 1. The molecule has 1 atom stereocenters. The normalized spacial score (nSPS) is 12.7. The third-order valence-electron chi connectivity index (χ3n) is 3.28. The molecule has 100 valence electrons. The average Bonchev–Trinajstić information content (AvgIpc) is 2.35. The Morgan fingerprint density at radius 1 is 1.33 bits per heavy atom. The van der Waals surface area contributed by atoms with E-state index < -0.39 is 5.97 Å². The summed E-state index contributed by atoms with van der Waals surface area (Å²) in [6.45, 7) is 5.52. The zero-order valence-corrected chi connectivity index (χ0v) is 11.5. The van der Waals surface area contributed by atoms with Crippen LogP contribution in [0, 0.1) is 12.8 Å². The Morgan fingerprint density at radius 2 is 1.94 bits per heavy atom. The highest BCUT2D eigenvalue weighted by atomic mass is 16.4. The minimum Gasteiger partial charge on any atom is -0.481 e. The first-order chi connectivity index (χ1) is 8.52. The summed E-state index contributed by atoms with van der Waals surface area (Å²) in [5.41, 5.74) is 2.57. The Labute approximate surface area is 109 Å². The highest BCUT2D eigenvalue weighted by Gasteiger charge is 2.16. The summed E-state index contributed by atoms with van der Waals surface area (Å²) in [6.07, 6.45) is 1.65. The van der Waals surface area contributed by atoms with Crippen molar-refractivity contribution in [3.8, 4) is 0 Å². The maximum Gasteiger partial charge on any atom is 0.307 e. The van der Waals surface area contributed by atoms with E-state index in [0.29, 0.717) is 13.0 Å². The SMILES string of the molecule is CCC(CN(C)CCc1ccc(C)cc1)C(=O)O. The van der Waals surface area contributed by atoms with Crippen molar-refractivity contribution in [2.24, 2.45) is 5.92 Å². The lowest BCUT2D eigenvalue weighted by atomic mass is 10.1. The van der Waals surface area contributed by atoms with Crippen LogP contribution in [0.1, 0.15) is 24.5 Å². The Balaban J connectivity index is 2.38. The zero-order chi connectivity index (χ0) is 13.5. The van der Waals surface area contributed by atoms with Gasteiger partial charge in [-0.15, -0.1) is 0 Å². The molecule has 0 fully saturated rings. The van der Waals surface area contributed by atoms with Crippen LogP contribution in [0.5, 0.6) is 0 Å². The quantitative estimate of drug-likeness (QED) is 0.807. The third-order valence-corrected chi connectivity index (χ3v) is 3.28. The second kappa shape index (κ2) is 7.17. The molecule has 0 aliphatic rings. The van der Waals surface area contributed by atoms with E-state index in [2.05, 4.69) is 36.1 Å². The molecule has 1 aromatic rings. The second-order valence-electron chi connectivity index (χ2n) is 4.94. The van der Waals surface area contributed by atoms with Gasteiger partial charge in [-0.3, -0.25) is 4.79 Å². The van der Waals surface area contributed by atoms with Crippen LogP contribution in [0.2, 0.25) is 0 Å². The van der Waals surface area contributed by atoms with Gasteiger partial charge in [-0.1, -0.05) is 36.8 Å². The Hall–Kier alpha value is -1.35. The average molecular weight is 249 g/mol. The number of hydrogen-bond acceptors (Lipinski definition) is 2. The highest BCUT2D eigenvalue weighted by molar-refractivity contribution is 5.70. The van der Waals surface area contributed by atoms with Crippen LogP contribution in [0.25, 0.3) is 0 Å². The number of carboxylic acids is 1. The van der Waals surface area contributed by atoms with Gasteiger partial charge in [-0.2, -0.15) is 0 Å². The largest absolute Gasteiger partial charge is 0.481 e. The number of hydrogen-bond donors (Lipinski definition) is 1. The van der Waals surface area contributed by atoms with E-state index in [1.165, 1.54) is 11.1 Å². The number of carbonyl (C=O) groups is 1. The van der Waals surface area contributed by atoms with Crippen molar-refractivity contribution in [3.05, 3.63) is 35.4 Å². The highest BCUT2D eigenvalue weighted by Crippen LogP contribution is 2.07. The predicted molar refractivity (Wildman–Crippen MR) is 73.8 cm³/mol. The van der Waals surface area contributed by atoms with Crippen molar-refractivity contribution in [3.63, 3.8) is 0 Å². The molecule has 1 N–H and O–H groups in total. The molecule has 0 saturated heterocycles. The second-order valence-corrected chi connectivity index (χ2v) is 4.94. The summed E-state index contributed by atoms with van der Waals surface area (Å²) in [6, 6.07) is 8.50. The first-order valence-electron chi connectivity index (χ1n) is 6.49. The number of rotatable bonds is 7. The molecule has 0 radical (unpaired) electrons. The minimum atomic E-state index is -0.695. The molecule has 0 aromatic heterocycles. The molecule has 3 nitrogen and oxygen atoms in total. The van der Waals surface area contributed by atoms with Crippen LogP contribution in [-0.4, -0.2) is 36.1 Å². The van der Waals surface area contributed by atoms with Gasteiger partial charge in [0.1, 0.15) is 0 Å². The van der Waals surface area contributed by atoms with E-state index >= 15 is 0 Å². The first-order valence-corrected chi connectivity index (χ1v) is 6.49. The summed E-state index contributed by atoms with van der Waals surface area (Å²) >= 11 is 0. The Morgan fingerprint density at radius 3 is 2.44 bits per heavy atom. The van der Waals surface area contributed by atoms with Crippen LogP contribution in [0.4, 0.5) is 0 Å². The molecule has 1 aromatic carbocycles. The van der Waals surface area contributed by atoms with Gasteiger partial charge in [0.15, 0.2) is 0 Å². The molecule has 0 heterocycles. The fourth-order valence-electron chi connectivity index (χ4n) is 1.92. The van der Waals surface area contributed by atoms with Gasteiger partial charge >= 0.3 is 5.97 Å². The van der Waals surface area contributed by atoms with Crippen molar-refractivity contribution < 1.29 is 9.90 Å². The lowest BCUT2D eigenvalue weighted by molar-refractivity contribution is -0.142. The number of aryl methyl sites for hydroxylation is 1. The van der Waals surface area contributed by atoms with Gasteiger partial charge in [0.2, 0.25) is 0 Å². The fourth-order valence-corrected chi connectivity index (χ4v) is 1.92. The molecule has 1 rings (SSSR count). The molecular formula is C15H23NO2. The van der Waals surface area contributed by atoms with Gasteiger partial charge in [-0.25, -0.2) is 0 Å². The summed E-state index contributed by atoms with van der Waals surface area (Å²) in [7, 11) is 1.99. The molecule has 3 heteroatoms. The van der Waals surface area contributed by atoms with Gasteiger partial charge in [0, 0.05) is 13.1 Å². The monoisotopic (exact) mass is 249 g/mol. The van der Waals surface area contributed by atoms with E-state index in [1.54, 1.807) is 0 Å². The van der Waals surface area contributed by atoms with Crippen molar-refractivity contribution in [2.45, 2.75) is 26.7 Å². The number of benzene rings is 1. The standard InChI is InChI=1S/C15H23NO2/c1-4-14(15(17)18)11-16(3)10-9-13-7-5-12(2)6-8-13/h5-8,14H,4,9-11H2,1-3H3,(H,17,18). The molecule has 0 saturated carbocycles. The number of likely N-dealkylation sites (N-methyl/N-ethyl adjacent to an activating group) is 1. The zero-order valence-electron chi connectivity index (χ0n) is 11.5. The maximum absolute atomic E-state index is 11.0. The summed E-state index contributed by atoms with van der Waals surface area (Å²) in [5, 5.41) is 9.01. The minimum absolute atomic E-state index is 0.256. The van der Waals surface area contributed by atoms with E-state index in [1.807, 2.05) is 14.0 Å². The van der Waals surface area contributed by atoms with Crippen molar-refractivity contribution in [1.82, 2.24) is 4.90 Å². The smallest absolute Gasteiger partial charge is 0.307 e. The number of aliphatic carboxylic acids is 1. The van der Waals surface area contributed by atoms with Crippen LogP contribution in [0.3, 0.4) is 0 Å². The first kappa shape index (κ1) is 14.7.